The van der Waals surface area contributed by atoms with Gasteiger partial charge in [-0.05, 0) is 42.8 Å². The highest BCUT2D eigenvalue weighted by molar-refractivity contribution is 5.75. The summed E-state index contributed by atoms with van der Waals surface area (Å²) in [5.41, 5.74) is 2.01. The number of carbonyl (C=O) groups is 1. The molecule has 0 saturated heterocycles. The Bertz CT molecular complexity index is 655. The third-order valence-corrected chi connectivity index (χ3v) is 3.78. The summed E-state index contributed by atoms with van der Waals surface area (Å²) in [6.07, 6.45) is 2.52. The molecule has 1 aromatic heterocycles. The minimum atomic E-state index is -0.830. The predicted octanol–water partition coefficient (Wildman–Crippen LogP) is 1.90. The van der Waals surface area contributed by atoms with E-state index in [4.69, 9.17) is 14.3 Å². The van der Waals surface area contributed by atoms with Crippen LogP contribution in [0.3, 0.4) is 0 Å². The Morgan fingerprint density at radius 3 is 3.04 bits per heavy atom. The van der Waals surface area contributed by atoms with Gasteiger partial charge in [0.25, 0.3) is 0 Å². The summed E-state index contributed by atoms with van der Waals surface area (Å²) in [6.45, 7) is 2.63. The Morgan fingerprint density at radius 1 is 1.35 bits per heavy atom. The summed E-state index contributed by atoms with van der Waals surface area (Å²) in [6, 6.07) is 9.78. The molecule has 1 aliphatic heterocycles. The number of hydrogen-bond donors (Lipinski definition) is 2. The molecule has 1 aromatic carbocycles. The number of carboxylic acid groups (broad SMARTS) is 1. The van der Waals surface area contributed by atoms with E-state index >= 15 is 0 Å². The Morgan fingerprint density at radius 2 is 2.26 bits per heavy atom. The van der Waals surface area contributed by atoms with Crippen molar-refractivity contribution in [3.05, 3.63) is 47.9 Å². The second-order valence-electron chi connectivity index (χ2n) is 5.47. The maximum absolute atomic E-state index is 11.0. The van der Waals surface area contributed by atoms with Gasteiger partial charge in [-0.2, -0.15) is 0 Å². The van der Waals surface area contributed by atoms with Crippen molar-refractivity contribution in [1.29, 1.82) is 0 Å². The number of furan rings is 1. The number of rotatable bonds is 7. The molecule has 23 heavy (non-hydrogen) atoms. The molecule has 0 bridgehead atoms. The third kappa shape index (κ3) is 4.04. The molecule has 0 spiro atoms. The van der Waals surface area contributed by atoms with Gasteiger partial charge in [0.15, 0.2) is 0 Å². The van der Waals surface area contributed by atoms with Gasteiger partial charge in [0.05, 0.1) is 25.0 Å². The molecule has 2 heterocycles. The second kappa shape index (κ2) is 7.19. The number of fused-ring (bicyclic) bond motifs is 1. The van der Waals surface area contributed by atoms with E-state index in [1.165, 1.54) is 0 Å². The number of anilines is 1. The van der Waals surface area contributed by atoms with Crippen molar-refractivity contribution < 1.29 is 19.1 Å². The van der Waals surface area contributed by atoms with Gasteiger partial charge < -0.3 is 24.5 Å². The molecule has 6 nitrogen and oxygen atoms in total. The Hall–Kier alpha value is -2.47. The Kier molecular flexibility index (Phi) is 4.83. The van der Waals surface area contributed by atoms with Crippen LogP contribution in [0, 0.1) is 0 Å². The molecule has 0 fully saturated rings. The van der Waals surface area contributed by atoms with Gasteiger partial charge in [-0.3, -0.25) is 4.79 Å². The highest BCUT2D eigenvalue weighted by Gasteiger charge is 2.20. The van der Waals surface area contributed by atoms with E-state index in [0.717, 1.165) is 35.7 Å². The number of carboxylic acids is 1. The molecular weight excluding hydrogens is 296 g/mol. The molecule has 0 aliphatic carbocycles. The van der Waals surface area contributed by atoms with Crippen molar-refractivity contribution in [2.75, 3.05) is 31.1 Å². The zero-order chi connectivity index (χ0) is 16.1. The topological polar surface area (TPSA) is 74.9 Å². The number of nitrogens with zero attached hydrogens (tertiary/aromatic N) is 1. The molecule has 122 valence electrons. The average molecular weight is 316 g/mol. The molecule has 0 unspecified atom stereocenters. The smallest absolute Gasteiger partial charge is 0.323 e. The van der Waals surface area contributed by atoms with Crippen molar-refractivity contribution >= 4 is 11.7 Å². The van der Waals surface area contributed by atoms with Crippen LogP contribution in [0.15, 0.2) is 41.0 Å². The second-order valence-corrected chi connectivity index (χ2v) is 5.47. The van der Waals surface area contributed by atoms with Crippen molar-refractivity contribution in [3.63, 3.8) is 0 Å². The fourth-order valence-corrected chi connectivity index (χ4v) is 2.66. The van der Waals surface area contributed by atoms with Crippen LogP contribution >= 0.6 is 0 Å². The molecule has 2 N–H and O–H groups in total. The predicted molar refractivity (Wildman–Crippen MR) is 85.9 cm³/mol. The molecule has 0 amide bonds. The van der Waals surface area contributed by atoms with Crippen LogP contribution in [-0.2, 0) is 17.8 Å². The van der Waals surface area contributed by atoms with E-state index in [2.05, 4.69) is 5.32 Å². The quantitative estimate of drug-likeness (QED) is 0.760. The average Bonchev–Trinajstić information content (AvgIpc) is 3.05. The summed E-state index contributed by atoms with van der Waals surface area (Å²) in [5.74, 6) is 0.838. The van der Waals surface area contributed by atoms with Gasteiger partial charge in [0.2, 0.25) is 0 Å². The van der Waals surface area contributed by atoms with E-state index in [0.29, 0.717) is 19.7 Å². The van der Waals surface area contributed by atoms with Crippen molar-refractivity contribution in [1.82, 2.24) is 5.32 Å². The normalized spacial score (nSPS) is 13.5. The van der Waals surface area contributed by atoms with Crippen molar-refractivity contribution in [2.45, 2.75) is 13.0 Å². The first-order valence-corrected chi connectivity index (χ1v) is 7.68. The number of ether oxygens (including phenoxy) is 1. The lowest BCUT2D eigenvalue weighted by Gasteiger charge is -2.30. The molecule has 0 radical (unpaired) electrons. The molecule has 2 aromatic rings. The fourth-order valence-electron chi connectivity index (χ4n) is 2.66. The summed E-state index contributed by atoms with van der Waals surface area (Å²) < 4.78 is 10.9. The minimum absolute atomic E-state index is 0.00342. The van der Waals surface area contributed by atoms with Crippen LogP contribution in [0.5, 0.6) is 5.75 Å². The van der Waals surface area contributed by atoms with Crippen LogP contribution in [-0.4, -0.2) is 37.3 Å². The summed E-state index contributed by atoms with van der Waals surface area (Å²) in [4.78, 5) is 12.8. The molecule has 0 saturated carbocycles. The number of benzene rings is 1. The first-order chi connectivity index (χ1) is 11.2. The summed E-state index contributed by atoms with van der Waals surface area (Å²) in [5, 5.41) is 12.4. The lowest BCUT2D eigenvalue weighted by Crippen LogP contribution is -2.36. The van der Waals surface area contributed by atoms with Crippen LogP contribution in [0.25, 0.3) is 0 Å². The third-order valence-electron chi connectivity index (χ3n) is 3.78. The maximum atomic E-state index is 11.0. The molecular formula is C17H20N2O4. The van der Waals surface area contributed by atoms with Gasteiger partial charge in [0.1, 0.15) is 24.7 Å². The van der Waals surface area contributed by atoms with Crippen LogP contribution in [0.1, 0.15) is 11.3 Å². The van der Waals surface area contributed by atoms with E-state index in [-0.39, 0.29) is 6.54 Å². The van der Waals surface area contributed by atoms with Gasteiger partial charge in [-0.25, -0.2) is 0 Å². The molecule has 1 aliphatic rings. The highest BCUT2D eigenvalue weighted by atomic mass is 16.5. The first-order valence-electron chi connectivity index (χ1n) is 7.68. The van der Waals surface area contributed by atoms with Gasteiger partial charge in [-0.1, -0.05) is 6.07 Å². The lowest BCUT2D eigenvalue weighted by molar-refractivity contribution is -0.135. The number of hydrogen-bond acceptors (Lipinski definition) is 5. The fraction of sp³-hybridized carbons (Fsp3) is 0.353. The minimum Gasteiger partial charge on any atom is -0.490 e. The van der Waals surface area contributed by atoms with E-state index in [1.54, 1.807) is 6.26 Å². The number of nitrogens with one attached hydrogen (secondary N) is 1. The van der Waals surface area contributed by atoms with Gasteiger partial charge >= 0.3 is 5.97 Å². The Balaban J connectivity index is 1.59. The molecule has 6 heteroatoms. The van der Waals surface area contributed by atoms with E-state index in [1.807, 2.05) is 35.2 Å². The molecule has 0 atom stereocenters. The summed E-state index contributed by atoms with van der Waals surface area (Å²) in [7, 11) is 0. The van der Waals surface area contributed by atoms with Gasteiger partial charge in [0, 0.05) is 0 Å². The molecule has 3 rings (SSSR count). The van der Waals surface area contributed by atoms with Crippen LogP contribution in [0.2, 0.25) is 0 Å². The lowest BCUT2D eigenvalue weighted by atomic mass is 10.1. The first kappa shape index (κ1) is 15.4. The Labute approximate surface area is 134 Å². The largest absolute Gasteiger partial charge is 0.490 e. The summed E-state index contributed by atoms with van der Waals surface area (Å²) >= 11 is 0. The zero-order valence-corrected chi connectivity index (χ0v) is 12.8. The highest BCUT2D eigenvalue weighted by Crippen LogP contribution is 2.32. The van der Waals surface area contributed by atoms with E-state index < -0.39 is 5.97 Å². The standard InChI is InChI=1S/C17H20N2O4/c20-17(21)12-19-7-9-23-16-4-3-13(10-15(16)19)5-6-18-11-14-2-1-8-22-14/h1-4,8,10,18H,5-7,9,11-12H2,(H,20,21). The van der Waals surface area contributed by atoms with Crippen LogP contribution < -0.4 is 15.0 Å². The van der Waals surface area contributed by atoms with Crippen LogP contribution in [0.4, 0.5) is 5.69 Å². The van der Waals surface area contributed by atoms with E-state index in [9.17, 15) is 4.79 Å². The SMILES string of the molecule is O=C(O)CN1CCOc2ccc(CCNCc3ccco3)cc21. The maximum Gasteiger partial charge on any atom is 0.323 e. The zero-order valence-electron chi connectivity index (χ0n) is 12.8. The van der Waals surface area contributed by atoms with Gasteiger partial charge in [-0.15, -0.1) is 0 Å². The van der Waals surface area contributed by atoms with Crippen molar-refractivity contribution in [3.8, 4) is 5.75 Å². The van der Waals surface area contributed by atoms with Crippen molar-refractivity contribution in [2.24, 2.45) is 0 Å². The monoisotopic (exact) mass is 316 g/mol. The number of aliphatic carboxylic acids is 1.